The van der Waals surface area contributed by atoms with Gasteiger partial charge in [0.05, 0.1) is 11.9 Å². The lowest BCUT2D eigenvalue weighted by Gasteiger charge is -2.15. The number of fused-ring (bicyclic) bond motifs is 1. The summed E-state index contributed by atoms with van der Waals surface area (Å²) in [6.07, 6.45) is 0. The highest BCUT2D eigenvalue weighted by atomic mass is 79.9. The van der Waals surface area contributed by atoms with Gasteiger partial charge in [0.15, 0.2) is 0 Å². The third-order valence-electron chi connectivity index (χ3n) is 3.07. The van der Waals surface area contributed by atoms with E-state index in [9.17, 15) is 0 Å². The van der Waals surface area contributed by atoms with Crippen LogP contribution in [0.25, 0.3) is 10.2 Å². The fraction of sp³-hybridized carbons (Fsp3) is 0.286. The van der Waals surface area contributed by atoms with Crippen LogP contribution in [0, 0.1) is 0 Å². The van der Waals surface area contributed by atoms with Gasteiger partial charge in [-0.1, -0.05) is 0 Å². The molecule has 3 aromatic heterocycles. The van der Waals surface area contributed by atoms with E-state index >= 15 is 0 Å². The monoisotopic (exact) mass is 382 g/mol. The first-order valence-electron chi connectivity index (χ1n) is 6.49. The normalized spacial score (nSPS) is 11.4. The first kappa shape index (κ1) is 14.9. The summed E-state index contributed by atoms with van der Waals surface area (Å²) in [7, 11) is 3.99. The average molecular weight is 383 g/mol. The van der Waals surface area contributed by atoms with Gasteiger partial charge in [0.25, 0.3) is 0 Å². The molecule has 110 valence electrons. The molecular formula is C14H15BrN4S2. The molecule has 7 heteroatoms. The molecule has 0 aromatic carbocycles. The molecule has 0 bridgehead atoms. The molecule has 3 rings (SSSR count). The average Bonchev–Trinajstić information content (AvgIpc) is 3.06. The van der Waals surface area contributed by atoms with Crippen molar-refractivity contribution in [2.24, 2.45) is 0 Å². The predicted molar refractivity (Wildman–Crippen MR) is 94.2 cm³/mol. The summed E-state index contributed by atoms with van der Waals surface area (Å²) in [5, 5.41) is 8.41. The molecule has 1 N–H and O–H groups in total. The lowest BCUT2D eigenvalue weighted by molar-refractivity contribution is 0.314. The quantitative estimate of drug-likeness (QED) is 0.717. The molecule has 3 aromatic rings. The zero-order valence-corrected chi connectivity index (χ0v) is 15.0. The van der Waals surface area contributed by atoms with Crippen molar-refractivity contribution in [3.63, 3.8) is 0 Å². The molecule has 0 atom stereocenters. The number of nitrogens with zero attached hydrogens (tertiary/aromatic N) is 3. The Morgan fingerprint density at radius 2 is 2.14 bits per heavy atom. The van der Waals surface area contributed by atoms with Gasteiger partial charge in [-0.05, 0) is 40.5 Å². The molecule has 0 unspecified atom stereocenters. The Hall–Kier alpha value is -1.02. The number of hydrogen-bond acceptors (Lipinski definition) is 6. The molecule has 0 aliphatic heterocycles. The van der Waals surface area contributed by atoms with Crippen LogP contribution in [-0.2, 0) is 13.1 Å². The van der Waals surface area contributed by atoms with Crippen LogP contribution in [0.1, 0.15) is 10.7 Å². The second kappa shape index (κ2) is 6.39. The van der Waals surface area contributed by atoms with Crippen molar-refractivity contribution in [2.75, 3.05) is 19.4 Å². The maximum Gasteiger partial charge on any atom is 0.146 e. The van der Waals surface area contributed by atoms with Gasteiger partial charge in [0, 0.05) is 28.3 Å². The number of anilines is 1. The molecule has 0 amide bonds. The Balaban J connectivity index is 1.77. The van der Waals surface area contributed by atoms with Crippen molar-refractivity contribution in [1.82, 2.24) is 14.9 Å². The Labute approximate surface area is 140 Å². The van der Waals surface area contributed by atoms with Gasteiger partial charge in [0.1, 0.15) is 16.5 Å². The molecular weight excluding hydrogens is 368 g/mol. The second-order valence-corrected chi connectivity index (χ2v) is 7.59. The number of halogens is 1. The van der Waals surface area contributed by atoms with Gasteiger partial charge >= 0.3 is 0 Å². The van der Waals surface area contributed by atoms with Gasteiger partial charge in [-0.3, -0.25) is 4.90 Å². The van der Waals surface area contributed by atoms with Crippen LogP contribution in [0.4, 0.5) is 5.82 Å². The van der Waals surface area contributed by atoms with Gasteiger partial charge in [-0.15, -0.1) is 22.7 Å². The SMILES string of the molecule is CNc1nc(CN(C)Cc2cc(Br)cs2)nc2sccc12. The maximum atomic E-state index is 4.65. The Kier molecular flexibility index (Phi) is 4.54. The zero-order valence-electron chi connectivity index (χ0n) is 11.8. The predicted octanol–water partition coefficient (Wildman–Crippen LogP) is 4.19. The number of aromatic nitrogens is 2. The Bertz CT molecular complexity index is 752. The van der Waals surface area contributed by atoms with Crippen molar-refractivity contribution in [1.29, 1.82) is 0 Å². The van der Waals surface area contributed by atoms with Gasteiger partial charge in [0.2, 0.25) is 0 Å². The first-order chi connectivity index (χ1) is 10.2. The number of nitrogens with one attached hydrogen (secondary N) is 1. The van der Waals surface area contributed by atoms with E-state index < -0.39 is 0 Å². The molecule has 3 heterocycles. The Morgan fingerprint density at radius 1 is 1.29 bits per heavy atom. The topological polar surface area (TPSA) is 41.1 Å². The fourth-order valence-corrected chi connectivity index (χ4v) is 4.47. The standard InChI is InChI=1S/C14H15BrN4S2/c1-16-13-11-3-4-20-14(11)18-12(17-13)7-19(2)6-10-5-9(15)8-21-10/h3-5,8H,6-7H2,1-2H3,(H,16,17,18). The summed E-state index contributed by atoms with van der Waals surface area (Å²) >= 11 is 6.90. The summed E-state index contributed by atoms with van der Waals surface area (Å²) in [6.45, 7) is 1.63. The number of rotatable bonds is 5. The van der Waals surface area contributed by atoms with E-state index in [0.29, 0.717) is 0 Å². The molecule has 0 aliphatic rings. The highest BCUT2D eigenvalue weighted by Crippen LogP contribution is 2.25. The highest BCUT2D eigenvalue weighted by molar-refractivity contribution is 9.10. The highest BCUT2D eigenvalue weighted by Gasteiger charge is 2.10. The van der Waals surface area contributed by atoms with Crippen molar-refractivity contribution < 1.29 is 0 Å². The largest absolute Gasteiger partial charge is 0.372 e. The van der Waals surface area contributed by atoms with E-state index in [0.717, 1.165) is 39.4 Å². The van der Waals surface area contributed by atoms with Crippen molar-refractivity contribution in [2.45, 2.75) is 13.1 Å². The summed E-state index contributed by atoms with van der Waals surface area (Å²) in [4.78, 5) is 13.9. The van der Waals surface area contributed by atoms with E-state index in [-0.39, 0.29) is 0 Å². The van der Waals surface area contributed by atoms with Crippen molar-refractivity contribution in [3.8, 4) is 0 Å². The maximum absolute atomic E-state index is 4.65. The van der Waals surface area contributed by atoms with E-state index in [1.165, 1.54) is 4.88 Å². The minimum Gasteiger partial charge on any atom is -0.372 e. The third-order valence-corrected chi connectivity index (χ3v) is 5.56. The van der Waals surface area contributed by atoms with Crippen LogP contribution < -0.4 is 5.32 Å². The summed E-state index contributed by atoms with van der Waals surface area (Å²) in [5.74, 6) is 1.76. The fourth-order valence-electron chi connectivity index (χ4n) is 2.16. The smallest absolute Gasteiger partial charge is 0.146 e. The van der Waals surface area contributed by atoms with Crippen LogP contribution in [0.2, 0.25) is 0 Å². The Morgan fingerprint density at radius 3 is 2.86 bits per heavy atom. The molecule has 0 saturated heterocycles. The molecule has 4 nitrogen and oxygen atoms in total. The minimum absolute atomic E-state index is 0.734. The lowest BCUT2D eigenvalue weighted by atomic mass is 10.3. The van der Waals surface area contributed by atoms with Crippen LogP contribution in [0.15, 0.2) is 27.4 Å². The summed E-state index contributed by atoms with van der Waals surface area (Å²) < 4.78 is 1.14. The molecule has 21 heavy (non-hydrogen) atoms. The summed E-state index contributed by atoms with van der Waals surface area (Å²) in [6, 6.07) is 4.21. The molecule has 0 saturated carbocycles. The third kappa shape index (κ3) is 3.42. The second-order valence-electron chi connectivity index (χ2n) is 4.78. The molecule has 0 aliphatic carbocycles. The van der Waals surface area contributed by atoms with Crippen LogP contribution >= 0.6 is 38.6 Å². The van der Waals surface area contributed by atoms with Crippen molar-refractivity contribution in [3.05, 3.63) is 38.1 Å². The van der Waals surface area contributed by atoms with E-state index in [1.54, 1.807) is 22.7 Å². The molecule has 0 fully saturated rings. The first-order valence-corrected chi connectivity index (χ1v) is 9.04. The van der Waals surface area contributed by atoms with E-state index in [1.807, 2.05) is 7.05 Å². The number of thiophene rings is 2. The van der Waals surface area contributed by atoms with Crippen molar-refractivity contribution >= 4 is 54.6 Å². The van der Waals surface area contributed by atoms with Gasteiger partial charge in [-0.2, -0.15) is 0 Å². The number of hydrogen-bond donors (Lipinski definition) is 1. The van der Waals surface area contributed by atoms with Crippen LogP contribution in [0.5, 0.6) is 0 Å². The van der Waals surface area contributed by atoms with Crippen LogP contribution in [-0.4, -0.2) is 29.0 Å². The van der Waals surface area contributed by atoms with Gasteiger partial charge < -0.3 is 5.32 Å². The zero-order chi connectivity index (χ0) is 14.8. The minimum atomic E-state index is 0.734. The lowest BCUT2D eigenvalue weighted by Crippen LogP contribution is -2.18. The summed E-state index contributed by atoms with van der Waals surface area (Å²) in [5.41, 5.74) is 0. The molecule has 0 spiro atoms. The van der Waals surface area contributed by atoms with E-state index in [4.69, 9.17) is 0 Å². The van der Waals surface area contributed by atoms with E-state index in [2.05, 4.69) is 66.1 Å². The molecule has 0 radical (unpaired) electrons. The van der Waals surface area contributed by atoms with Gasteiger partial charge in [-0.25, -0.2) is 9.97 Å². The van der Waals surface area contributed by atoms with Crippen LogP contribution in [0.3, 0.4) is 0 Å².